The molecular weight excluding hydrogens is 340 g/mol. The maximum absolute atomic E-state index is 12.4. The number of ketones is 1. The van der Waals surface area contributed by atoms with Crippen LogP contribution in [0.15, 0.2) is 42.5 Å². The highest BCUT2D eigenvalue weighted by molar-refractivity contribution is 6.00. The van der Waals surface area contributed by atoms with Gasteiger partial charge in [-0.05, 0) is 67.1 Å². The molecule has 1 aliphatic rings. The van der Waals surface area contributed by atoms with Crippen molar-refractivity contribution in [1.82, 2.24) is 0 Å². The molecule has 0 aromatic heterocycles. The first-order chi connectivity index (χ1) is 13.0. The lowest BCUT2D eigenvalue weighted by molar-refractivity contribution is -0.116. The van der Waals surface area contributed by atoms with Crippen molar-refractivity contribution in [2.45, 2.75) is 45.4 Å². The Morgan fingerprint density at radius 2 is 1.44 bits per heavy atom. The number of hydrogen-bond donors (Lipinski definition) is 2. The van der Waals surface area contributed by atoms with Crippen LogP contribution < -0.4 is 10.6 Å². The molecular formula is C22H24N2O3. The molecule has 0 bridgehead atoms. The average Bonchev–Trinajstić information content (AvgIpc) is 2.67. The quantitative estimate of drug-likeness (QED) is 0.757. The molecule has 1 aliphatic carbocycles. The summed E-state index contributed by atoms with van der Waals surface area (Å²) in [7, 11) is 0. The number of Topliss-reactive ketones (excluding diaryl/α,β-unsaturated/α-hetero) is 1. The fourth-order valence-corrected chi connectivity index (χ4v) is 3.34. The summed E-state index contributed by atoms with van der Waals surface area (Å²) in [6.45, 7) is 1.44. The van der Waals surface area contributed by atoms with Gasteiger partial charge in [0.1, 0.15) is 0 Å². The predicted octanol–water partition coefficient (Wildman–Crippen LogP) is 4.13. The van der Waals surface area contributed by atoms with Gasteiger partial charge in [0.25, 0.3) is 0 Å². The Morgan fingerprint density at radius 3 is 2.11 bits per heavy atom. The van der Waals surface area contributed by atoms with E-state index in [1.165, 1.54) is 30.9 Å². The van der Waals surface area contributed by atoms with Crippen LogP contribution >= 0.6 is 0 Å². The maximum Gasteiger partial charge on any atom is 0.224 e. The van der Waals surface area contributed by atoms with Crippen molar-refractivity contribution in [2.75, 3.05) is 10.6 Å². The van der Waals surface area contributed by atoms with Gasteiger partial charge in [0.05, 0.1) is 0 Å². The molecule has 0 fully saturated rings. The van der Waals surface area contributed by atoms with Crippen molar-refractivity contribution < 1.29 is 14.4 Å². The molecule has 3 rings (SSSR count). The van der Waals surface area contributed by atoms with E-state index < -0.39 is 0 Å². The van der Waals surface area contributed by atoms with Crippen LogP contribution in [0.2, 0.25) is 0 Å². The third-order valence-corrected chi connectivity index (χ3v) is 4.74. The van der Waals surface area contributed by atoms with Gasteiger partial charge in [0, 0.05) is 36.7 Å². The van der Waals surface area contributed by atoms with Crippen LogP contribution in [0.3, 0.4) is 0 Å². The molecule has 0 spiro atoms. The highest BCUT2D eigenvalue weighted by Gasteiger charge is 2.14. The Hall–Kier alpha value is -2.95. The highest BCUT2D eigenvalue weighted by Crippen LogP contribution is 2.23. The van der Waals surface area contributed by atoms with E-state index in [0.717, 1.165) is 12.8 Å². The van der Waals surface area contributed by atoms with Crippen molar-refractivity contribution in [3.63, 3.8) is 0 Å². The lowest BCUT2D eigenvalue weighted by atomic mass is 9.89. The normalized spacial score (nSPS) is 12.8. The van der Waals surface area contributed by atoms with Crippen molar-refractivity contribution in [3.8, 4) is 0 Å². The van der Waals surface area contributed by atoms with Gasteiger partial charge >= 0.3 is 0 Å². The molecule has 0 heterocycles. The zero-order valence-electron chi connectivity index (χ0n) is 15.5. The Morgan fingerprint density at radius 1 is 0.815 bits per heavy atom. The molecule has 2 amide bonds. The Bertz CT molecular complexity index is 856. The molecule has 0 aliphatic heterocycles. The van der Waals surface area contributed by atoms with Crippen LogP contribution in [0, 0.1) is 0 Å². The van der Waals surface area contributed by atoms with Crippen LogP contribution in [0.1, 0.15) is 54.1 Å². The zero-order chi connectivity index (χ0) is 19.2. The standard InChI is InChI=1S/C22H24N2O3/c1-15(25)23-19-8-10-20(11-9-19)24-22(27)13-12-21(26)18-7-6-16-4-2-3-5-17(16)14-18/h6-11,14H,2-5,12-13H2,1H3,(H,23,25)(H,24,27). The molecule has 0 saturated heterocycles. The van der Waals surface area contributed by atoms with Crippen molar-refractivity contribution in [2.24, 2.45) is 0 Å². The number of anilines is 2. The van der Waals surface area contributed by atoms with Gasteiger partial charge in [-0.3, -0.25) is 14.4 Å². The minimum atomic E-state index is -0.200. The fourth-order valence-electron chi connectivity index (χ4n) is 3.34. The van der Waals surface area contributed by atoms with Crippen molar-refractivity contribution in [1.29, 1.82) is 0 Å². The maximum atomic E-state index is 12.4. The van der Waals surface area contributed by atoms with E-state index >= 15 is 0 Å². The van der Waals surface area contributed by atoms with Gasteiger partial charge in [-0.2, -0.15) is 0 Å². The molecule has 140 valence electrons. The van der Waals surface area contributed by atoms with Crippen LogP contribution in [0.5, 0.6) is 0 Å². The summed E-state index contributed by atoms with van der Waals surface area (Å²) >= 11 is 0. The van der Waals surface area contributed by atoms with E-state index in [0.29, 0.717) is 16.9 Å². The molecule has 0 radical (unpaired) electrons. The van der Waals surface area contributed by atoms with Gasteiger partial charge in [-0.25, -0.2) is 0 Å². The number of carbonyl (C=O) groups is 3. The summed E-state index contributed by atoms with van der Waals surface area (Å²) in [4.78, 5) is 35.5. The van der Waals surface area contributed by atoms with Gasteiger partial charge in [0.15, 0.2) is 5.78 Å². The van der Waals surface area contributed by atoms with Crippen LogP contribution in [0.25, 0.3) is 0 Å². The molecule has 27 heavy (non-hydrogen) atoms. The summed E-state index contributed by atoms with van der Waals surface area (Å²) in [6, 6.07) is 12.8. The van der Waals surface area contributed by atoms with E-state index in [-0.39, 0.29) is 30.4 Å². The monoisotopic (exact) mass is 364 g/mol. The smallest absolute Gasteiger partial charge is 0.224 e. The number of nitrogens with one attached hydrogen (secondary N) is 2. The van der Waals surface area contributed by atoms with E-state index in [2.05, 4.69) is 16.7 Å². The number of rotatable bonds is 6. The van der Waals surface area contributed by atoms with Gasteiger partial charge < -0.3 is 10.6 Å². The van der Waals surface area contributed by atoms with E-state index in [1.807, 2.05) is 12.1 Å². The minimum Gasteiger partial charge on any atom is -0.326 e. The first kappa shape index (κ1) is 18.8. The summed E-state index contributed by atoms with van der Waals surface area (Å²) in [5.41, 5.74) is 4.62. The van der Waals surface area contributed by atoms with Gasteiger partial charge in [-0.15, -0.1) is 0 Å². The molecule has 2 aromatic rings. The topological polar surface area (TPSA) is 75.3 Å². The lowest BCUT2D eigenvalue weighted by Crippen LogP contribution is -2.14. The van der Waals surface area contributed by atoms with E-state index in [4.69, 9.17) is 0 Å². The van der Waals surface area contributed by atoms with Crippen molar-refractivity contribution >= 4 is 29.0 Å². The third kappa shape index (κ3) is 5.26. The fraction of sp³-hybridized carbons (Fsp3) is 0.318. The van der Waals surface area contributed by atoms with Crippen LogP contribution in [-0.4, -0.2) is 17.6 Å². The van der Waals surface area contributed by atoms with Gasteiger partial charge in [-0.1, -0.05) is 12.1 Å². The highest BCUT2D eigenvalue weighted by atomic mass is 16.2. The summed E-state index contributed by atoms with van der Waals surface area (Å²) in [6.07, 6.45) is 4.84. The zero-order valence-corrected chi connectivity index (χ0v) is 15.5. The summed E-state index contributed by atoms with van der Waals surface area (Å²) in [5, 5.41) is 5.44. The van der Waals surface area contributed by atoms with E-state index in [1.54, 1.807) is 24.3 Å². The summed E-state index contributed by atoms with van der Waals surface area (Å²) in [5.74, 6) is -0.347. The first-order valence-corrected chi connectivity index (χ1v) is 9.34. The number of amides is 2. The Balaban J connectivity index is 1.51. The number of benzene rings is 2. The molecule has 2 aromatic carbocycles. The molecule has 2 N–H and O–H groups in total. The molecule has 0 saturated carbocycles. The second kappa shape index (κ2) is 8.62. The second-order valence-electron chi connectivity index (χ2n) is 6.92. The summed E-state index contributed by atoms with van der Waals surface area (Å²) < 4.78 is 0. The molecule has 0 atom stereocenters. The SMILES string of the molecule is CC(=O)Nc1ccc(NC(=O)CCC(=O)c2ccc3c(c2)CCCC3)cc1. The average molecular weight is 364 g/mol. The molecule has 0 unspecified atom stereocenters. The third-order valence-electron chi connectivity index (χ3n) is 4.74. The van der Waals surface area contributed by atoms with E-state index in [9.17, 15) is 14.4 Å². The number of aryl methyl sites for hydroxylation is 2. The second-order valence-corrected chi connectivity index (χ2v) is 6.92. The Kier molecular flexibility index (Phi) is 6.01. The van der Waals surface area contributed by atoms with Crippen molar-refractivity contribution in [3.05, 3.63) is 59.2 Å². The molecule has 5 heteroatoms. The number of fused-ring (bicyclic) bond motifs is 1. The Labute approximate surface area is 159 Å². The first-order valence-electron chi connectivity index (χ1n) is 9.34. The number of hydrogen-bond acceptors (Lipinski definition) is 3. The number of carbonyl (C=O) groups excluding carboxylic acids is 3. The largest absolute Gasteiger partial charge is 0.326 e. The van der Waals surface area contributed by atoms with Crippen LogP contribution in [-0.2, 0) is 22.4 Å². The minimum absolute atomic E-state index is 0.000436. The lowest BCUT2D eigenvalue weighted by Gasteiger charge is -2.16. The predicted molar refractivity (Wildman–Crippen MR) is 106 cm³/mol. The van der Waals surface area contributed by atoms with Crippen LogP contribution in [0.4, 0.5) is 11.4 Å². The van der Waals surface area contributed by atoms with Gasteiger partial charge in [0.2, 0.25) is 11.8 Å². The molecule has 5 nitrogen and oxygen atoms in total.